The van der Waals surface area contributed by atoms with Crippen LogP contribution in [0.25, 0.3) is 5.57 Å². The van der Waals surface area contributed by atoms with E-state index in [1.54, 1.807) is 45.9 Å². The van der Waals surface area contributed by atoms with E-state index >= 15 is 0 Å². The summed E-state index contributed by atoms with van der Waals surface area (Å²) in [7, 11) is -4.43. The summed E-state index contributed by atoms with van der Waals surface area (Å²) in [5.74, 6) is -1.88. The molecule has 0 spiro atoms. The van der Waals surface area contributed by atoms with Gasteiger partial charge in [0.05, 0.1) is 4.90 Å². The molecule has 0 saturated carbocycles. The molecule has 0 amide bonds. The third-order valence-electron chi connectivity index (χ3n) is 5.88. The lowest BCUT2D eigenvalue weighted by atomic mass is 9.90. The summed E-state index contributed by atoms with van der Waals surface area (Å²) in [6.45, 7) is 4.44. The van der Waals surface area contributed by atoms with Crippen molar-refractivity contribution in [2.45, 2.75) is 18.7 Å². The maximum atomic E-state index is 11.8. The number of rotatable bonds is 10. The van der Waals surface area contributed by atoms with Crippen LogP contribution in [-0.2, 0) is 19.7 Å². The van der Waals surface area contributed by atoms with Gasteiger partial charge >= 0.3 is 11.9 Å². The summed E-state index contributed by atoms with van der Waals surface area (Å²) in [5.41, 5.74) is 4.17. The zero-order valence-corrected chi connectivity index (χ0v) is 21.4. The van der Waals surface area contributed by atoms with Crippen molar-refractivity contribution in [3.8, 4) is 0 Å². The Morgan fingerprint density at radius 3 is 2.05 bits per heavy atom. The van der Waals surface area contributed by atoms with Gasteiger partial charge in [0.1, 0.15) is 13.1 Å². The van der Waals surface area contributed by atoms with Gasteiger partial charge < -0.3 is 15.1 Å². The van der Waals surface area contributed by atoms with Gasteiger partial charge in [-0.1, -0.05) is 24.3 Å². The molecule has 194 valence electrons. The summed E-state index contributed by atoms with van der Waals surface area (Å²) in [4.78, 5) is 23.9. The van der Waals surface area contributed by atoms with Crippen LogP contribution >= 0.6 is 0 Å². The van der Waals surface area contributed by atoms with Gasteiger partial charge in [0.25, 0.3) is 10.1 Å². The molecule has 37 heavy (non-hydrogen) atoms. The first-order valence-electron chi connectivity index (χ1n) is 11.6. The molecule has 0 unspecified atom stereocenters. The second-order valence-electron chi connectivity index (χ2n) is 8.29. The van der Waals surface area contributed by atoms with Gasteiger partial charge in [-0.25, -0.2) is 9.37 Å². The smallest absolute Gasteiger partial charge is 0.369 e. The quantitative estimate of drug-likeness (QED) is 0.318. The van der Waals surface area contributed by atoms with Gasteiger partial charge in [0, 0.05) is 24.4 Å². The van der Waals surface area contributed by atoms with E-state index in [-0.39, 0.29) is 18.0 Å². The zero-order valence-electron chi connectivity index (χ0n) is 20.5. The lowest BCUT2D eigenvalue weighted by Crippen LogP contribution is -2.29. The van der Waals surface area contributed by atoms with Crippen LogP contribution < -0.4 is 4.90 Å². The molecular weight excluding hydrogens is 496 g/mol. The number of allylic oxidation sites excluding steroid dienone is 5. The Morgan fingerprint density at radius 1 is 0.892 bits per heavy atom. The van der Waals surface area contributed by atoms with Crippen molar-refractivity contribution in [2.24, 2.45) is 0 Å². The van der Waals surface area contributed by atoms with Crippen LogP contribution in [0.15, 0.2) is 83.3 Å². The first-order chi connectivity index (χ1) is 17.5. The molecule has 1 aliphatic carbocycles. The molecule has 0 heterocycles. The van der Waals surface area contributed by atoms with E-state index in [4.69, 9.17) is 0 Å². The Balaban J connectivity index is 2.15. The molecule has 2 aromatic carbocycles. The summed E-state index contributed by atoms with van der Waals surface area (Å²) in [5, 5.41) is 18.4. The Labute approximate surface area is 215 Å². The highest BCUT2D eigenvalue weighted by Crippen LogP contribution is 2.32. The highest BCUT2D eigenvalue weighted by molar-refractivity contribution is 7.85. The van der Waals surface area contributed by atoms with E-state index in [1.165, 1.54) is 12.1 Å². The van der Waals surface area contributed by atoms with Crippen molar-refractivity contribution in [2.75, 3.05) is 31.1 Å². The lowest BCUT2D eigenvalue weighted by molar-refractivity contribution is -0.513. The number of anilines is 1. The topological polar surface area (TPSA) is 135 Å². The van der Waals surface area contributed by atoms with Crippen LogP contribution in [0.3, 0.4) is 0 Å². The largest absolute Gasteiger partial charge is 0.480 e. The van der Waals surface area contributed by atoms with Crippen molar-refractivity contribution < 1.29 is 37.3 Å². The van der Waals surface area contributed by atoms with Gasteiger partial charge in [0.15, 0.2) is 5.71 Å². The normalized spacial score (nSPS) is 12.9. The minimum Gasteiger partial charge on any atom is -0.480 e. The summed E-state index contributed by atoms with van der Waals surface area (Å²) >= 11 is 0. The standard InChI is InChI=1S/C27H28N2O7S/c1-3-28(17-25(30)31)22-12-8-19(9-13-22)27(21-6-5-7-24(16-21)37(34,35)36)20-10-14-23(15-11-20)29(4-2)18-26(32)33/h5-16H,3-4,17-18H2,1-2H3,(H2-,30,31,32,33,34,35,36)/p+1. The van der Waals surface area contributed by atoms with Gasteiger partial charge in [-0.2, -0.15) is 8.42 Å². The monoisotopic (exact) mass is 525 g/mol. The van der Waals surface area contributed by atoms with Gasteiger partial charge in [-0.15, -0.1) is 0 Å². The summed E-state index contributed by atoms with van der Waals surface area (Å²) < 4.78 is 34.9. The number of hydrogen-bond acceptors (Lipinski definition) is 5. The SMILES string of the molecule is CCN(CC(=O)O)c1ccc(C(=C2C=CC(=[N+](CC)CC(=O)O)C=C2)c2cccc(S(=O)(=O)O)c2)cc1. The van der Waals surface area contributed by atoms with Gasteiger partial charge in [-0.3, -0.25) is 9.35 Å². The molecule has 9 nitrogen and oxygen atoms in total. The molecule has 0 bridgehead atoms. The Kier molecular flexibility index (Phi) is 8.80. The number of hydrogen-bond donors (Lipinski definition) is 3. The van der Waals surface area contributed by atoms with E-state index < -0.39 is 22.1 Å². The van der Waals surface area contributed by atoms with Crippen LogP contribution in [0, 0.1) is 0 Å². The van der Waals surface area contributed by atoms with Crippen molar-refractivity contribution in [1.82, 2.24) is 0 Å². The van der Waals surface area contributed by atoms with Crippen LogP contribution in [0.5, 0.6) is 0 Å². The van der Waals surface area contributed by atoms with E-state index in [9.17, 15) is 32.8 Å². The molecule has 0 fully saturated rings. The van der Waals surface area contributed by atoms with E-state index in [0.717, 1.165) is 22.5 Å². The fourth-order valence-corrected chi connectivity index (χ4v) is 4.61. The number of carboxylic acid groups (broad SMARTS) is 2. The van der Waals surface area contributed by atoms with E-state index in [2.05, 4.69) is 0 Å². The first-order valence-corrected chi connectivity index (χ1v) is 13.1. The third kappa shape index (κ3) is 7.02. The van der Waals surface area contributed by atoms with Crippen LogP contribution in [0.2, 0.25) is 0 Å². The maximum Gasteiger partial charge on any atom is 0.369 e. The van der Waals surface area contributed by atoms with Crippen LogP contribution in [0.1, 0.15) is 25.0 Å². The fourth-order valence-electron chi connectivity index (χ4n) is 4.09. The molecule has 10 heteroatoms. The number of benzene rings is 2. The van der Waals surface area contributed by atoms with E-state index in [1.807, 2.05) is 38.1 Å². The molecule has 2 aromatic rings. The van der Waals surface area contributed by atoms with E-state index in [0.29, 0.717) is 24.2 Å². The Hall–Kier alpha value is -4.02. The molecule has 0 radical (unpaired) electrons. The fraction of sp³-hybridized carbons (Fsp3) is 0.222. The predicted molar refractivity (Wildman–Crippen MR) is 141 cm³/mol. The second-order valence-corrected chi connectivity index (χ2v) is 9.71. The van der Waals surface area contributed by atoms with Crippen molar-refractivity contribution in [1.29, 1.82) is 0 Å². The molecule has 3 N–H and O–H groups in total. The molecule has 0 saturated heterocycles. The summed E-state index contributed by atoms with van der Waals surface area (Å²) in [6.07, 6.45) is 7.25. The highest BCUT2D eigenvalue weighted by atomic mass is 32.2. The third-order valence-corrected chi connectivity index (χ3v) is 6.73. The second kappa shape index (κ2) is 11.8. The Bertz CT molecular complexity index is 1400. The number of carbonyl (C=O) groups is 2. The first kappa shape index (κ1) is 27.6. The maximum absolute atomic E-state index is 11.8. The molecule has 0 atom stereocenters. The minimum atomic E-state index is -4.43. The lowest BCUT2D eigenvalue weighted by Gasteiger charge is -2.21. The number of aliphatic carboxylic acids is 2. The summed E-state index contributed by atoms with van der Waals surface area (Å²) in [6, 6.07) is 13.2. The molecule has 0 aromatic heterocycles. The molecule has 0 aliphatic heterocycles. The average Bonchev–Trinajstić information content (AvgIpc) is 2.86. The van der Waals surface area contributed by atoms with Gasteiger partial charge in [0.2, 0.25) is 6.54 Å². The molecular formula is C27H29N2O7S+. The van der Waals surface area contributed by atoms with Crippen LogP contribution in [0.4, 0.5) is 5.69 Å². The number of nitrogens with zero attached hydrogens (tertiary/aromatic N) is 2. The average molecular weight is 526 g/mol. The molecule has 1 aliphatic rings. The minimum absolute atomic E-state index is 0.144. The van der Waals surface area contributed by atoms with Crippen molar-refractivity contribution in [3.05, 3.63) is 89.5 Å². The van der Waals surface area contributed by atoms with Gasteiger partial charge in [-0.05, 0) is 72.5 Å². The van der Waals surface area contributed by atoms with Crippen LogP contribution in [-0.4, -0.2) is 71.6 Å². The predicted octanol–water partition coefficient (Wildman–Crippen LogP) is 3.33. The number of carboxylic acids is 2. The number of likely N-dealkylation sites (N-methyl/N-ethyl adjacent to an activating group) is 2. The Morgan fingerprint density at radius 2 is 1.54 bits per heavy atom. The van der Waals surface area contributed by atoms with Crippen molar-refractivity contribution in [3.63, 3.8) is 0 Å². The van der Waals surface area contributed by atoms with Crippen molar-refractivity contribution >= 4 is 39.0 Å². The highest BCUT2D eigenvalue weighted by Gasteiger charge is 2.19. The zero-order chi connectivity index (χ0) is 27.2. The molecule has 3 rings (SSSR count).